The summed E-state index contributed by atoms with van der Waals surface area (Å²) in [6, 6.07) is 5.83. The molecule has 21 heavy (non-hydrogen) atoms. The second-order valence-electron chi connectivity index (χ2n) is 5.45. The molecule has 6 heteroatoms. The summed E-state index contributed by atoms with van der Waals surface area (Å²) in [5.41, 5.74) is 6.42. The van der Waals surface area contributed by atoms with E-state index >= 15 is 0 Å². The number of rotatable bonds is 8. The van der Waals surface area contributed by atoms with E-state index in [1.165, 1.54) is 31.4 Å². The lowest BCUT2D eigenvalue weighted by atomic mass is 10.1. The maximum Gasteiger partial charge on any atom is 0.573 e. The van der Waals surface area contributed by atoms with Gasteiger partial charge in [-0.3, -0.25) is 0 Å². The zero-order valence-corrected chi connectivity index (χ0v) is 11.8. The largest absolute Gasteiger partial charge is 0.573 e. The maximum absolute atomic E-state index is 12.2. The van der Waals surface area contributed by atoms with Crippen LogP contribution in [-0.4, -0.2) is 19.5 Å². The van der Waals surface area contributed by atoms with Crippen LogP contribution in [0.5, 0.6) is 5.75 Å². The van der Waals surface area contributed by atoms with Crippen molar-refractivity contribution in [2.45, 2.75) is 38.1 Å². The van der Waals surface area contributed by atoms with E-state index in [0.29, 0.717) is 12.1 Å². The molecule has 0 heterocycles. The normalized spacial score (nSPS) is 16.8. The van der Waals surface area contributed by atoms with Crippen molar-refractivity contribution < 1.29 is 17.9 Å². The lowest BCUT2D eigenvalue weighted by Crippen LogP contribution is -2.29. The molecule has 0 saturated heterocycles. The predicted octanol–water partition coefficient (Wildman–Crippen LogP) is 3.36. The molecule has 118 valence electrons. The molecule has 2 rings (SSSR count). The Hall–Kier alpha value is -1.27. The second-order valence-corrected chi connectivity index (χ2v) is 5.45. The number of benzene rings is 1. The standard InChI is InChI=1S/C15H21F3N2O/c16-15(17,18)21-13-5-1-4-12(9-13)14(10-19)20-8-2-3-11-6-7-11/h1,4-5,9,11,14,20H,2-3,6-8,10,19H2. The Morgan fingerprint density at radius 1 is 1.33 bits per heavy atom. The van der Waals surface area contributed by atoms with Crippen LogP contribution >= 0.6 is 0 Å². The molecule has 1 aromatic carbocycles. The molecule has 0 spiro atoms. The van der Waals surface area contributed by atoms with Crippen molar-refractivity contribution in [3.05, 3.63) is 29.8 Å². The molecule has 1 aromatic rings. The molecule has 0 aromatic heterocycles. The van der Waals surface area contributed by atoms with Gasteiger partial charge >= 0.3 is 6.36 Å². The van der Waals surface area contributed by atoms with Gasteiger partial charge in [-0.15, -0.1) is 13.2 Å². The molecule has 1 saturated carbocycles. The van der Waals surface area contributed by atoms with Gasteiger partial charge in [0.15, 0.2) is 0 Å². The van der Waals surface area contributed by atoms with Crippen LogP contribution in [0.3, 0.4) is 0 Å². The highest BCUT2D eigenvalue weighted by molar-refractivity contribution is 5.31. The van der Waals surface area contributed by atoms with Crippen LogP contribution < -0.4 is 15.8 Å². The van der Waals surface area contributed by atoms with Crippen LogP contribution in [0, 0.1) is 5.92 Å². The number of nitrogens with two attached hydrogens (primary N) is 1. The summed E-state index contributed by atoms with van der Waals surface area (Å²) in [7, 11) is 0. The minimum Gasteiger partial charge on any atom is -0.406 e. The highest BCUT2D eigenvalue weighted by Gasteiger charge is 2.31. The summed E-state index contributed by atoms with van der Waals surface area (Å²) in [5, 5.41) is 3.30. The van der Waals surface area contributed by atoms with Gasteiger partial charge < -0.3 is 15.8 Å². The third-order valence-corrected chi connectivity index (χ3v) is 3.61. The molecule has 1 aliphatic carbocycles. The predicted molar refractivity (Wildman–Crippen MR) is 74.9 cm³/mol. The first kappa shape index (κ1) is 16.1. The summed E-state index contributed by atoms with van der Waals surface area (Å²) in [6.07, 6.45) is 0.268. The van der Waals surface area contributed by atoms with Crippen LogP contribution in [0.4, 0.5) is 13.2 Å². The van der Waals surface area contributed by atoms with E-state index < -0.39 is 6.36 Å². The fourth-order valence-corrected chi connectivity index (χ4v) is 2.34. The topological polar surface area (TPSA) is 47.3 Å². The van der Waals surface area contributed by atoms with Crippen LogP contribution in [0.15, 0.2) is 24.3 Å². The van der Waals surface area contributed by atoms with E-state index in [1.54, 1.807) is 12.1 Å². The van der Waals surface area contributed by atoms with Crippen LogP contribution in [0.1, 0.15) is 37.3 Å². The third-order valence-electron chi connectivity index (χ3n) is 3.61. The zero-order valence-electron chi connectivity index (χ0n) is 11.8. The highest BCUT2D eigenvalue weighted by atomic mass is 19.4. The summed E-state index contributed by atoms with van der Waals surface area (Å²) in [6.45, 7) is 1.15. The Kier molecular flexibility index (Phi) is 5.47. The van der Waals surface area contributed by atoms with Crippen molar-refractivity contribution in [1.82, 2.24) is 5.32 Å². The van der Waals surface area contributed by atoms with Crippen LogP contribution in [-0.2, 0) is 0 Å². The summed E-state index contributed by atoms with van der Waals surface area (Å²) in [4.78, 5) is 0. The van der Waals surface area contributed by atoms with E-state index in [9.17, 15) is 13.2 Å². The van der Waals surface area contributed by atoms with Crippen molar-refractivity contribution in [3.8, 4) is 5.75 Å². The average Bonchev–Trinajstić information content (AvgIpc) is 3.21. The van der Waals surface area contributed by atoms with Crippen molar-refractivity contribution in [2.24, 2.45) is 11.7 Å². The number of alkyl halides is 3. The number of halogens is 3. The summed E-state index contributed by atoms with van der Waals surface area (Å²) in [5.74, 6) is 0.671. The van der Waals surface area contributed by atoms with Crippen molar-refractivity contribution in [2.75, 3.05) is 13.1 Å². The zero-order chi connectivity index (χ0) is 15.3. The fourth-order valence-electron chi connectivity index (χ4n) is 2.34. The molecule has 0 bridgehead atoms. The van der Waals surface area contributed by atoms with Crippen LogP contribution in [0.2, 0.25) is 0 Å². The fraction of sp³-hybridized carbons (Fsp3) is 0.600. The number of ether oxygens (including phenoxy) is 1. The number of nitrogens with one attached hydrogen (secondary N) is 1. The van der Waals surface area contributed by atoms with E-state index in [2.05, 4.69) is 10.1 Å². The van der Waals surface area contributed by atoms with E-state index in [0.717, 1.165) is 18.9 Å². The molecule has 1 atom stereocenters. The summed E-state index contributed by atoms with van der Waals surface area (Å²) < 4.78 is 40.6. The molecule has 0 radical (unpaired) electrons. The van der Waals surface area contributed by atoms with Gasteiger partial charge in [0.25, 0.3) is 0 Å². The Labute approximate surface area is 122 Å². The molecular formula is C15H21F3N2O. The number of hydrogen-bond donors (Lipinski definition) is 2. The minimum atomic E-state index is -4.67. The summed E-state index contributed by atoms with van der Waals surface area (Å²) >= 11 is 0. The van der Waals surface area contributed by atoms with Gasteiger partial charge in [0.1, 0.15) is 5.75 Å². The quantitative estimate of drug-likeness (QED) is 0.724. The van der Waals surface area contributed by atoms with Gasteiger partial charge in [0.2, 0.25) is 0 Å². The van der Waals surface area contributed by atoms with Gasteiger partial charge in [-0.05, 0) is 43.0 Å². The monoisotopic (exact) mass is 302 g/mol. The number of hydrogen-bond acceptors (Lipinski definition) is 3. The first-order valence-corrected chi connectivity index (χ1v) is 7.27. The second kappa shape index (κ2) is 7.13. The molecule has 1 unspecified atom stereocenters. The SMILES string of the molecule is NCC(NCCCC1CC1)c1cccc(OC(F)(F)F)c1. The Bertz CT molecular complexity index is 447. The van der Waals surface area contributed by atoms with Gasteiger partial charge in [-0.25, -0.2) is 0 Å². The van der Waals surface area contributed by atoms with E-state index in [4.69, 9.17) is 5.73 Å². The van der Waals surface area contributed by atoms with Crippen molar-refractivity contribution in [1.29, 1.82) is 0 Å². The Morgan fingerprint density at radius 3 is 2.71 bits per heavy atom. The van der Waals surface area contributed by atoms with Gasteiger partial charge in [0, 0.05) is 12.6 Å². The molecule has 1 fully saturated rings. The first-order valence-electron chi connectivity index (χ1n) is 7.27. The van der Waals surface area contributed by atoms with E-state index in [1.807, 2.05) is 0 Å². The molecule has 1 aliphatic rings. The van der Waals surface area contributed by atoms with Crippen molar-refractivity contribution >= 4 is 0 Å². The van der Waals surface area contributed by atoms with Crippen molar-refractivity contribution in [3.63, 3.8) is 0 Å². The van der Waals surface area contributed by atoms with Gasteiger partial charge in [0.05, 0.1) is 0 Å². The molecule has 3 nitrogen and oxygen atoms in total. The molecule has 0 aliphatic heterocycles. The van der Waals surface area contributed by atoms with Crippen LogP contribution in [0.25, 0.3) is 0 Å². The average molecular weight is 302 g/mol. The highest BCUT2D eigenvalue weighted by Crippen LogP contribution is 2.33. The van der Waals surface area contributed by atoms with E-state index in [-0.39, 0.29) is 11.8 Å². The maximum atomic E-state index is 12.2. The smallest absolute Gasteiger partial charge is 0.406 e. The minimum absolute atomic E-state index is 0.152. The lowest BCUT2D eigenvalue weighted by molar-refractivity contribution is -0.274. The first-order chi connectivity index (χ1) is 9.98. The van der Waals surface area contributed by atoms with Gasteiger partial charge in [-0.2, -0.15) is 0 Å². The third kappa shape index (κ3) is 5.93. The Balaban J connectivity index is 1.88. The Morgan fingerprint density at radius 2 is 2.10 bits per heavy atom. The lowest BCUT2D eigenvalue weighted by Gasteiger charge is -2.18. The molecule has 0 amide bonds. The molecule has 3 N–H and O–H groups in total. The molecular weight excluding hydrogens is 281 g/mol. The van der Waals surface area contributed by atoms with Gasteiger partial charge in [-0.1, -0.05) is 25.0 Å².